The molecule has 0 aliphatic heterocycles. The summed E-state index contributed by atoms with van der Waals surface area (Å²) in [6.07, 6.45) is 0. The van der Waals surface area contributed by atoms with Gasteiger partial charge in [-0.05, 0) is 5.92 Å². The molecule has 0 saturated heterocycles. The maximum Gasteiger partial charge on any atom is 0.0877 e. The molecule has 0 nitrogen and oxygen atoms in total. The van der Waals surface area contributed by atoms with Gasteiger partial charge in [0.1, 0.15) is 0 Å². The molecule has 1 fully saturated rings. The molecule has 0 unspecified atom stereocenters. The van der Waals surface area contributed by atoms with Crippen molar-refractivity contribution in [2.24, 2.45) is 11.8 Å². The van der Waals surface area contributed by atoms with Crippen LogP contribution in [0.25, 0.3) is 0 Å². The Balaban J connectivity index is 2.45. The number of hydrogen-bond acceptors (Lipinski definition) is 0. The van der Waals surface area contributed by atoms with Gasteiger partial charge in [-0.1, -0.05) is 38.8 Å². The SMILES string of the molecule is C[C@@H]1[C@H](CCl)C1(Br)Br. The fourth-order valence-electron chi connectivity index (χ4n) is 0.797. The quantitative estimate of drug-likeness (QED) is 0.637. The van der Waals surface area contributed by atoms with Crippen molar-refractivity contribution in [2.75, 3.05) is 5.88 Å². The summed E-state index contributed by atoms with van der Waals surface area (Å²) in [5, 5.41) is 0. The molecule has 0 spiro atoms. The van der Waals surface area contributed by atoms with E-state index in [0.717, 1.165) is 5.88 Å². The Labute approximate surface area is 71.2 Å². The zero-order chi connectivity index (χ0) is 6.36. The Morgan fingerprint density at radius 3 is 2.00 bits per heavy atom. The summed E-state index contributed by atoms with van der Waals surface area (Å²) in [5.74, 6) is 2.04. The molecule has 0 bridgehead atoms. The zero-order valence-corrected chi connectivity index (χ0v) is 8.42. The molecule has 1 aliphatic rings. The van der Waals surface area contributed by atoms with E-state index in [9.17, 15) is 0 Å². The fraction of sp³-hybridized carbons (Fsp3) is 1.00. The molecule has 1 rings (SSSR count). The highest BCUT2D eigenvalue weighted by molar-refractivity contribution is 9.25. The molecule has 8 heavy (non-hydrogen) atoms. The normalized spacial score (nSPS) is 42.0. The minimum atomic E-state index is 0.168. The van der Waals surface area contributed by atoms with Crippen LogP contribution >= 0.6 is 43.5 Å². The van der Waals surface area contributed by atoms with E-state index in [4.69, 9.17) is 11.6 Å². The van der Waals surface area contributed by atoms with E-state index >= 15 is 0 Å². The molecule has 3 heteroatoms. The third kappa shape index (κ3) is 0.952. The highest BCUT2D eigenvalue weighted by Gasteiger charge is 2.58. The molecule has 0 N–H and O–H groups in total. The van der Waals surface area contributed by atoms with E-state index in [1.54, 1.807) is 0 Å². The first-order chi connectivity index (χ1) is 3.60. The molecule has 48 valence electrons. The van der Waals surface area contributed by atoms with E-state index < -0.39 is 0 Å². The third-order valence-corrected chi connectivity index (χ3v) is 4.72. The Morgan fingerprint density at radius 1 is 1.62 bits per heavy atom. The van der Waals surface area contributed by atoms with Crippen LogP contribution in [0.15, 0.2) is 0 Å². The molecular formula is C5H7Br2Cl. The lowest BCUT2D eigenvalue weighted by atomic mass is 10.4. The second-order valence-corrected chi connectivity index (χ2v) is 6.22. The minimum Gasteiger partial charge on any atom is -0.126 e. The van der Waals surface area contributed by atoms with Gasteiger partial charge in [-0.15, -0.1) is 11.6 Å². The molecule has 0 aromatic heterocycles. The molecule has 2 atom stereocenters. The van der Waals surface area contributed by atoms with Gasteiger partial charge in [0, 0.05) is 11.8 Å². The summed E-state index contributed by atoms with van der Waals surface area (Å²) in [7, 11) is 0. The minimum absolute atomic E-state index is 0.168. The fourth-order valence-corrected chi connectivity index (χ4v) is 3.17. The van der Waals surface area contributed by atoms with Crippen LogP contribution in [0.1, 0.15) is 6.92 Å². The maximum atomic E-state index is 5.62. The van der Waals surface area contributed by atoms with Gasteiger partial charge in [0.2, 0.25) is 0 Å². The van der Waals surface area contributed by atoms with Crippen molar-refractivity contribution in [1.82, 2.24) is 0 Å². The molecule has 0 aromatic rings. The molecular weight excluding hydrogens is 255 g/mol. The van der Waals surface area contributed by atoms with Crippen LogP contribution in [-0.4, -0.2) is 9.11 Å². The van der Waals surface area contributed by atoms with Gasteiger partial charge in [-0.25, -0.2) is 0 Å². The summed E-state index contributed by atoms with van der Waals surface area (Å²) in [6, 6.07) is 0. The second kappa shape index (κ2) is 2.14. The van der Waals surface area contributed by atoms with E-state index in [1.807, 2.05) is 0 Å². The predicted molar refractivity (Wildman–Crippen MR) is 44.0 cm³/mol. The van der Waals surface area contributed by atoms with Gasteiger partial charge in [0.15, 0.2) is 0 Å². The van der Waals surface area contributed by atoms with Crippen LogP contribution < -0.4 is 0 Å². The number of alkyl halides is 3. The van der Waals surface area contributed by atoms with Crippen LogP contribution in [0.3, 0.4) is 0 Å². The third-order valence-electron chi connectivity index (χ3n) is 1.76. The number of hydrogen-bond donors (Lipinski definition) is 0. The highest BCUT2D eigenvalue weighted by Crippen LogP contribution is 2.61. The van der Waals surface area contributed by atoms with Crippen molar-refractivity contribution >= 4 is 43.5 Å². The summed E-state index contributed by atoms with van der Waals surface area (Å²) in [5.41, 5.74) is 0. The van der Waals surface area contributed by atoms with Crippen molar-refractivity contribution in [3.8, 4) is 0 Å². The molecule has 0 aromatic carbocycles. The second-order valence-electron chi connectivity index (χ2n) is 2.22. The first-order valence-electron chi connectivity index (χ1n) is 2.54. The molecule has 1 saturated carbocycles. The van der Waals surface area contributed by atoms with E-state index in [1.165, 1.54) is 0 Å². The zero-order valence-electron chi connectivity index (χ0n) is 4.50. The number of rotatable bonds is 1. The van der Waals surface area contributed by atoms with E-state index in [0.29, 0.717) is 11.8 Å². The van der Waals surface area contributed by atoms with Gasteiger partial charge >= 0.3 is 0 Å². The Morgan fingerprint density at radius 2 is 2.00 bits per heavy atom. The first kappa shape index (κ1) is 7.36. The van der Waals surface area contributed by atoms with E-state index in [2.05, 4.69) is 38.8 Å². The molecule has 0 radical (unpaired) electrons. The Kier molecular flexibility index (Phi) is 1.96. The summed E-state index contributed by atoms with van der Waals surface area (Å²) in [4.78, 5) is 0. The van der Waals surface area contributed by atoms with Crippen molar-refractivity contribution < 1.29 is 0 Å². The van der Waals surface area contributed by atoms with Crippen molar-refractivity contribution in [3.05, 3.63) is 0 Å². The van der Waals surface area contributed by atoms with Crippen LogP contribution in [0.2, 0.25) is 0 Å². The average Bonchev–Trinajstić information content (AvgIpc) is 2.09. The largest absolute Gasteiger partial charge is 0.126 e. The number of halogens is 3. The first-order valence-corrected chi connectivity index (χ1v) is 4.66. The lowest BCUT2D eigenvalue weighted by Gasteiger charge is -1.90. The summed E-state index contributed by atoms with van der Waals surface area (Å²) in [6.45, 7) is 2.18. The molecule has 0 amide bonds. The monoisotopic (exact) mass is 260 g/mol. The Bertz CT molecular complexity index is 103. The lowest BCUT2D eigenvalue weighted by Crippen LogP contribution is -1.87. The van der Waals surface area contributed by atoms with Crippen molar-refractivity contribution in [3.63, 3.8) is 0 Å². The van der Waals surface area contributed by atoms with Gasteiger partial charge in [-0.2, -0.15) is 0 Å². The summed E-state index contributed by atoms with van der Waals surface area (Å²) >= 11 is 12.6. The Hall–Kier alpha value is 1.25. The van der Waals surface area contributed by atoms with Crippen molar-refractivity contribution in [1.29, 1.82) is 0 Å². The summed E-state index contributed by atoms with van der Waals surface area (Å²) < 4.78 is 0.168. The van der Waals surface area contributed by atoms with Crippen LogP contribution in [0.5, 0.6) is 0 Å². The van der Waals surface area contributed by atoms with Crippen molar-refractivity contribution in [2.45, 2.75) is 10.2 Å². The standard InChI is InChI=1S/C5H7Br2Cl/c1-3-4(2-8)5(3,6)7/h3-4H,2H2,1H3/t3-,4+/m1/s1. The smallest absolute Gasteiger partial charge is 0.0877 e. The average molecular weight is 262 g/mol. The molecule has 0 heterocycles. The molecule has 1 aliphatic carbocycles. The van der Waals surface area contributed by atoms with Gasteiger partial charge in [0.05, 0.1) is 3.23 Å². The maximum absolute atomic E-state index is 5.62. The van der Waals surface area contributed by atoms with Gasteiger partial charge in [0.25, 0.3) is 0 Å². The lowest BCUT2D eigenvalue weighted by molar-refractivity contribution is 0.841. The topological polar surface area (TPSA) is 0 Å². The van der Waals surface area contributed by atoms with Gasteiger partial charge < -0.3 is 0 Å². The van der Waals surface area contributed by atoms with Crippen LogP contribution in [0, 0.1) is 11.8 Å². The highest BCUT2D eigenvalue weighted by atomic mass is 79.9. The van der Waals surface area contributed by atoms with Gasteiger partial charge in [-0.3, -0.25) is 0 Å². The van der Waals surface area contributed by atoms with Crippen LogP contribution in [0.4, 0.5) is 0 Å². The van der Waals surface area contributed by atoms with Crippen LogP contribution in [-0.2, 0) is 0 Å². The van der Waals surface area contributed by atoms with E-state index in [-0.39, 0.29) is 3.23 Å². The predicted octanol–water partition coefficient (Wildman–Crippen LogP) is 2.98.